The van der Waals surface area contributed by atoms with E-state index in [4.69, 9.17) is 0 Å². The van der Waals surface area contributed by atoms with Crippen molar-refractivity contribution in [1.82, 2.24) is 19.9 Å². The van der Waals surface area contributed by atoms with Crippen LogP contribution in [-0.2, 0) is 0 Å². The monoisotopic (exact) mass is 570 g/mol. The molecular weight excluding hydrogens is 566 g/mol. The predicted molar refractivity (Wildman–Crippen MR) is 141 cm³/mol. The van der Waals surface area contributed by atoms with Crippen molar-refractivity contribution < 1.29 is 8.78 Å². The van der Waals surface area contributed by atoms with E-state index in [1.807, 2.05) is 24.3 Å². The zero-order valence-electron chi connectivity index (χ0n) is 21.4. The highest BCUT2D eigenvalue weighted by molar-refractivity contribution is 6.32. The third kappa shape index (κ3) is 3.73. The van der Waals surface area contributed by atoms with E-state index in [9.17, 15) is 50.9 Å². The van der Waals surface area contributed by atoms with Crippen LogP contribution in [0.15, 0.2) is 35.9 Å². The van der Waals surface area contributed by atoms with E-state index in [-0.39, 0.29) is 77.9 Å². The molecule has 0 saturated heterocycles. The second kappa shape index (κ2) is 10.6. The first-order chi connectivity index (χ1) is 21.3. The Bertz CT molecular complexity index is 2150. The third-order valence-corrected chi connectivity index (χ3v) is 6.71. The highest BCUT2D eigenvalue weighted by Gasteiger charge is 2.43. The molecule has 14 heteroatoms. The summed E-state index contributed by atoms with van der Waals surface area (Å²) in [6, 6.07) is 14.5. The summed E-state index contributed by atoms with van der Waals surface area (Å²) in [5.41, 5.74) is -4.62. The van der Waals surface area contributed by atoms with Crippen molar-refractivity contribution in [2.45, 2.75) is 0 Å². The Kier molecular flexibility index (Phi) is 6.66. The average molecular weight is 570 g/mol. The van der Waals surface area contributed by atoms with Crippen LogP contribution in [0.4, 0.5) is 8.78 Å². The molecule has 0 bridgehead atoms. The lowest BCUT2D eigenvalue weighted by Crippen LogP contribution is -2.05. The van der Waals surface area contributed by atoms with Crippen molar-refractivity contribution in [1.29, 1.82) is 42.1 Å². The molecule has 2 aliphatic rings. The molecule has 0 saturated carbocycles. The van der Waals surface area contributed by atoms with Gasteiger partial charge in [-0.3, -0.25) is 0 Å². The van der Waals surface area contributed by atoms with Crippen LogP contribution in [-0.4, -0.2) is 19.9 Å². The molecule has 0 aliphatic heterocycles. The highest BCUT2D eigenvalue weighted by atomic mass is 19.1. The topological polar surface area (TPSA) is 242 Å². The fourth-order valence-electron chi connectivity index (χ4n) is 5.18. The van der Waals surface area contributed by atoms with Gasteiger partial charge in [-0.15, -0.1) is 0 Å². The molecule has 3 aromatic rings. The van der Waals surface area contributed by atoms with Gasteiger partial charge in [-0.2, -0.15) is 50.9 Å². The molecule has 198 valence electrons. The molecule has 44 heavy (non-hydrogen) atoms. The van der Waals surface area contributed by atoms with Crippen LogP contribution in [0.5, 0.6) is 0 Å². The Morgan fingerprint density at radius 3 is 1.05 bits per heavy atom. The number of nitriles is 8. The molecule has 0 radical (unpaired) electrons. The van der Waals surface area contributed by atoms with Gasteiger partial charge in [-0.25, -0.2) is 19.9 Å². The van der Waals surface area contributed by atoms with Crippen LogP contribution in [0, 0.1) is 103 Å². The van der Waals surface area contributed by atoms with Gasteiger partial charge in [0.05, 0.1) is 22.3 Å². The van der Waals surface area contributed by atoms with Gasteiger partial charge in [-0.05, 0) is 0 Å². The number of hydrogen-bond acceptors (Lipinski definition) is 12. The van der Waals surface area contributed by atoms with Gasteiger partial charge in [0.15, 0.2) is 0 Å². The predicted octanol–water partition coefficient (Wildman–Crippen LogP) is 3.79. The van der Waals surface area contributed by atoms with Crippen LogP contribution in [0.25, 0.3) is 33.4 Å². The van der Waals surface area contributed by atoms with E-state index in [0.717, 1.165) is 24.8 Å². The van der Waals surface area contributed by atoms with Crippen LogP contribution < -0.4 is 0 Å². The quantitative estimate of drug-likeness (QED) is 0.315. The molecule has 1 aromatic carbocycles. The van der Waals surface area contributed by atoms with E-state index in [1.54, 1.807) is 24.3 Å². The number of allylic oxidation sites excluding steroid dienone is 8. The normalized spacial score (nSPS) is 12.3. The van der Waals surface area contributed by atoms with E-state index in [1.165, 1.54) is 0 Å². The molecule has 2 aromatic heterocycles. The van der Waals surface area contributed by atoms with Crippen LogP contribution in [0.2, 0.25) is 0 Å². The molecule has 0 amide bonds. The Balaban J connectivity index is 2.11. The first-order valence-corrected chi connectivity index (χ1v) is 11.7. The van der Waals surface area contributed by atoms with Crippen molar-refractivity contribution in [2.24, 2.45) is 0 Å². The molecule has 0 spiro atoms. The third-order valence-electron chi connectivity index (χ3n) is 6.71. The summed E-state index contributed by atoms with van der Waals surface area (Å²) in [5.74, 6) is 0. The maximum atomic E-state index is 13.6. The lowest BCUT2D eigenvalue weighted by atomic mass is 9.82. The summed E-state index contributed by atoms with van der Waals surface area (Å²) in [4.78, 5) is 13.9. The second-order valence-corrected chi connectivity index (χ2v) is 8.63. The molecule has 0 fully saturated rings. The fourth-order valence-corrected chi connectivity index (χ4v) is 5.18. The maximum Gasteiger partial charge on any atom is 0.308 e. The summed E-state index contributed by atoms with van der Waals surface area (Å²) in [6.45, 7) is 0. The van der Waals surface area contributed by atoms with Crippen molar-refractivity contribution in [2.75, 3.05) is 0 Å². The summed E-state index contributed by atoms with van der Waals surface area (Å²) >= 11 is 0. The van der Waals surface area contributed by atoms with Crippen LogP contribution >= 0.6 is 0 Å². The second-order valence-electron chi connectivity index (χ2n) is 8.63. The van der Waals surface area contributed by atoms with Gasteiger partial charge in [-0.1, -0.05) is 0 Å². The number of nitrogens with zero attached hydrogens (tertiary/aromatic N) is 12. The highest BCUT2D eigenvalue weighted by Crippen LogP contribution is 2.57. The first-order valence-electron chi connectivity index (χ1n) is 11.7. The number of hydrogen-bond donors (Lipinski definition) is 0. The minimum Gasteiger partial charge on any atom is -0.210 e. The number of aromatic nitrogens is 4. The molecule has 2 heterocycles. The Morgan fingerprint density at radius 1 is 0.477 bits per heavy atom. The Morgan fingerprint density at radius 2 is 0.795 bits per heavy atom. The molecule has 5 rings (SSSR count). The fraction of sp³-hybridized carbons (Fsp3) is 0. The number of rotatable bonds is 2. The molecule has 0 unspecified atom stereocenters. The van der Waals surface area contributed by atoms with Gasteiger partial charge in [0.25, 0.3) is 0 Å². The largest absolute Gasteiger partial charge is 0.308 e. The van der Waals surface area contributed by atoms with Crippen molar-refractivity contribution in [3.05, 3.63) is 92.6 Å². The van der Waals surface area contributed by atoms with Crippen molar-refractivity contribution in [3.8, 4) is 48.6 Å². The van der Waals surface area contributed by atoms with Gasteiger partial charge < -0.3 is 0 Å². The van der Waals surface area contributed by atoms with Gasteiger partial charge in [0, 0.05) is 80.5 Å². The number of halogens is 2. The van der Waals surface area contributed by atoms with E-state index < -0.39 is 23.3 Å². The number of benzene rings is 1. The van der Waals surface area contributed by atoms with Gasteiger partial charge >= 0.3 is 12.2 Å². The van der Waals surface area contributed by atoms with Crippen molar-refractivity contribution >= 4 is 33.4 Å². The van der Waals surface area contributed by atoms with Crippen LogP contribution in [0.3, 0.4) is 0 Å². The zero-order valence-corrected chi connectivity index (χ0v) is 21.4. The SMILES string of the molecule is N#CC(C#N)=C1C(c2cnc(F)nc2)=C(C#N)c2c(C#N)c3c(c(C#N)c21)C(C#N)=C(c1cnc(F)nc1)C3=C(C#N)C#N. The lowest BCUT2D eigenvalue weighted by molar-refractivity contribution is 0.537. The van der Waals surface area contributed by atoms with Gasteiger partial charge in [0.2, 0.25) is 0 Å². The van der Waals surface area contributed by atoms with Crippen LogP contribution in [0.1, 0.15) is 44.5 Å². The molecule has 2 aliphatic carbocycles. The van der Waals surface area contributed by atoms with E-state index in [2.05, 4.69) is 19.9 Å². The van der Waals surface area contributed by atoms with Crippen molar-refractivity contribution in [3.63, 3.8) is 0 Å². The first kappa shape index (κ1) is 27.7. The van der Waals surface area contributed by atoms with E-state index >= 15 is 0 Å². The smallest absolute Gasteiger partial charge is 0.210 e. The summed E-state index contributed by atoms with van der Waals surface area (Å²) in [5, 5.41) is 81.3. The zero-order chi connectivity index (χ0) is 31.7. The Hall–Kier alpha value is -7.88. The van der Waals surface area contributed by atoms with E-state index in [0.29, 0.717) is 0 Å². The molecule has 0 atom stereocenters. The Labute approximate surface area is 245 Å². The standard InChI is InChI=1S/C30H4F2N12/c31-29-41-9-15(10-42-29)21-17(5-37)25-20(8-40)28-24(14(3-35)4-36)22(16-11-43-30(32)44-12-16)18(6-38)26(28)19(7-39)27(25)23(21)13(1-33)2-34/h9-12H. The molecular formula is C30H4F2N12. The maximum absolute atomic E-state index is 13.6. The minimum atomic E-state index is -1.12. The summed E-state index contributed by atoms with van der Waals surface area (Å²) < 4.78 is 27.3. The summed E-state index contributed by atoms with van der Waals surface area (Å²) in [6.07, 6.45) is 1.64. The minimum absolute atomic E-state index is 0.0456. The molecule has 0 N–H and O–H groups in total. The number of fused-ring (bicyclic) bond motifs is 2. The average Bonchev–Trinajstić information content (AvgIpc) is 3.56. The lowest BCUT2D eigenvalue weighted by Gasteiger charge is -2.15. The summed E-state index contributed by atoms with van der Waals surface area (Å²) in [7, 11) is 0. The molecule has 12 nitrogen and oxygen atoms in total. The van der Waals surface area contributed by atoms with Gasteiger partial charge in [0.1, 0.15) is 59.7 Å².